The molecule has 0 amide bonds. The van der Waals surface area contributed by atoms with E-state index in [1.54, 1.807) is 0 Å². The van der Waals surface area contributed by atoms with Gasteiger partial charge in [0.05, 0.1) is 19.2 Å². The summed E-state index contributed by atoms with van der Waals surface area (Å²) in [6.45, 7) is 9.02. The van der Waals surface area contributed by atoms with E-state index in [0.717, 1.165) is 44.3 Å². The number of ether oxygens (including phenoxy) is 1. The molecular weight excluding hydrogens is 264 g/mol. The van der Waals surface area contributed by atoms with Crippen molar-refractivity contribution < 1.29 is 9.15 Å². The van der Waals surface area contributed by atoms with Crippen LogP contribution in [0.5, 0.6) is 0 Å². The van der Waals surface area contributed by atoms with Gasteiger partial charge in [0.25, 0.3) is 0 Å². The Morgan fingerprint density at radius 2 is 2.10 bits per heavy atom. The van der Waals surface area contributed by atoms with Crippen LogP contribution in [-0.2, 0) is 17.8 Å². The Balaban J connectivity index is 1.70. The quantitative estimate of drug-likeness (QED) is 0.800. The van der Waals surface area contributed by atoms with Crippen LogP contribution >= 0.6 is 0 Å². The van der Waals surface area contributed by atoms with Crippen LogP contribution in [0.25, 0.3) is 0 Å². The van der Waals surface area contributed by atoms with E-state index in [-0.39, 0.29) is 0 Å². The molecule has 1 fully saturated rings. The molecule has 0 aliphatic carbocycles. The zero-order chi connectivity index (χ0) is 15.1. The van der Waals surface area contributed by atoms with Gasteiger partial charge in [-0.2, -0.15) is 0 Å². The summed E-state index contributed by atoms with van der Waals surface area (Å²) >= 11 is 0. The number of hydrogen-bond acceptors (Lipinski definition) is 4. The predicted molar refractivity (Wildman–Crippen MR) is 85.2 cm³/mol. The van der Waals surface area contributed by atoms with E-state index in [1.807, 2.05) is 0 Å². The van der Waals surface area contributed by atoms with Crippen LogP contribution in [0.1, 0.15) is 44.6 Å². The lowest BCUT2D eigenvalue weighted by Crippen LogP contribution is -2.32. The smallest absolute Gasteiger partial charge is 0.118 e. The van der Waals surface area contributed by atoms with Gasteiger partial charge in [-0.1, -0.05) is 13.8 Å². The number of likely N-dealkylation sites (N-methyl/N-ethyl adjacent to an activating group) is 1. The molecule has 120 valence electrons. The fourth-order valence-corrected chi connectivity index (χ4v) is 2.72. The average molecular weight is 294 g/mol. The standard InChI is InChI=1S/C17H30N2O2/c1-14(2)10-18-11-15-7-8-17(21-15)13-19(3)12-16-6-4-5-9-20-16/h7-8,14,16,18H,4-6,9-13H2,1-3H3. The van der Waals surface area contributed by atoms with E-state index in [4.69, 9.17) is 9.15 Å². The maximum absolute atomic E-state index is 5.88. The Labute approximate surface area is 128 Å². The summed E-state index contributed by atoms with van der Waals surface area (Å²) in [5, 5.41) is 3.41. The molecule has 0 spiro atoms. The normalized spacial score (nSPS) is 19.6. The molecule has 0 saturated carbocycles. The van der Waals surface area contributed by atoms with Crippen molar-refractivity contribution in [1.82, 2.24) is 10.2 Å². The van der Waals surface area contributed by atoms with Gasteiger partial charge in [0.2, 0.25) is 0 Å². The Bertz CT molecular complexity index is 397. The van der Waals surface area contributed by atoms with Crippen LogP contribution in [0, 0.1) is 5.92 Å². The molecule has 1 aromatic rings. The van der Waals surface area contributed by atoms with Crippen LogP contribution in [0.2, 0.25) is 0 Å². The maximum Gasteiger partial charge on any atom is 0.118 e. The van der Waals surface area contributed by atoms with Gasteiger partial charge in [-0.15, -0.1) is 0 Å². The summed E-state index contributed by atoms with van der Waals surface area (Å²) < 4.78 is 11.7. The first kappa shape index (κ1) is 16.5. The molecule has 1 aliphatic rings. The zero-order valence-electron chi connectivity index (χ0n) is 13.7. The number of furan rings is 1. The highest BCUT2D eigenvalue weighted by molar-refractivity contribution is 5.07. The van der Waals surface area contributed by atoms with Crippen LogP contribution in [0.3, 0.4) is 0 Å². The van der Waals surface area contributed by atoms with Crippen molar-refractivity contribution in [3.63, 3.8) is 0 Å². The molecule has 1 aliphatic heterocycles. The van der Waals surface area contributed by atoms with Crippen molar-refractivity contribution in [2.45, 2.75) is 52.3 Å². The van der Waals surface area contributed by atoms with Crippen molar-refractivity contribution >= 4 is 0 Å². The van der Waals surface area contributed by atoms with Crippen LogP contribution in [-0.4, -0.2) is 37.7 Å². The Hall–Kier alpha value is -0.840. The van der Waals surface area contributed by atoms with Gasteiger partial charge < -0.3 is 14.5 Å². The van der Waals surface area contributed by atoms with Crippen molar-refractivity contribution in [1.29, 1.82) is 0 Å². The maximum atomic E-state index is 5.88. The highest BCUT2D eigenvalue weighted by Gasteiger charge is 2.16. The minimum atomic E-state index is 0.394. The molecule has 2 rings (SSSR count). The number of nitrogens with one attached hydrogen (secondary N) is 1. The van der Waals surface area contributed by atoms with E-state index in [0.29, 0.717) is 12.0 Å². The molecule has 1 atom stereocenters. The van der Waals surface area contributed by atoms with Gasteiger partial charge in [0, 0.05) is 13.2 Å². The fourth-order valence-electron chi connectivity index (χ4n) is 2.72. The third kappa shape index (κ3) is 6.20. The Morgan fingerprint density at radius 1 is 1.29 bits per heavy atom. The van der Waals surface area contributed by atoms with Crippen molar-refractivity contribution in [2.75, 3.05) is 26.7 Å². The van der Waals surface area contributed by atoms with Gasteiger partial charge in [-0.25, -0.2) is 0 Å². The number of rotatable bonds is 8. The molecule has 21 heavy (non-hydrogen) atoms. The first-order valence-corrected chi connectivity index (χ1v) is 8.22. The number of hydrogen-bond donors (Lipinski definition) is 1. The molecule has 2 heterocycles. The van der Waals surface area contributed by atoms with Crippen LogP contribution in [0.4, 0.5) is 0 Å². The Morgan fingerprint density at radius 3 is 2.81 bits per heavy atom. The second-order valence-corrected chi connectivity index (χ2v) is 6.58. The highest BCUT2D eigenvalue weighted by atomic mass is 16.5. The largest absolute Gasteiger partial charge is 0.463 e. The van der Waals surface area contributed by atoms with Crippen molar-refractivity contribution in [3.05, 3.63) is 23.7 Å². The van der Waals surface area contributed by atoms with Gasteiger partial charge >= 0.3 is 0 Å². The Kier molecular flexibility index (Phi) is 6.74. The summed E-state index contributed by atoms with van der Waals surface area (Å²) in [6, 6.07) is 4.16. The average Bonchev–Trinajstić information content (AvgIpc) is 2.86. The van der Waals surface area contributed by atoms with Crippen LogP contribution in [0.15, 0.2) is 16.5 Å². The van der Waals surface area contributed by atoms with E-state index in [1.165, 1.54) is 19.3 Å². The summed E-state index contributed by atoms with van der Waals surface area (Å²) in [5.41, 5.74) is 0. The molecule has 1 N–H and O–H groups in total. The zero-order valence-corrected chi connectivity index (χ0v) is 13.7. The summed E-state index contributed by atoms with van der Waals surface area (Å²) in [4.78, 5) is 2.29. The lowest BCUT2D eigenvalue weighted by Gasteiger charge is -2.26. The minimum absolute atomic E-state index is 0.394. The molecule has 1 saturated heterocycles. The first-order valence-electron chi connectivity index (χ1n) is 8.22. The second-order valence-electron chi connectivity index (χ2n) is 6.58. The van der Waals surface area contributed by atoms with E-state index in [9.17, 15) is 0 Å². The molecule has 1 aromatic heterocycles. The third-order valence-corrected chi connectivity index (χ3v) is 3.78. The SMILES string of the molecule is CC(C)CNCc1ccc(CN(C)CC2CCCCO2)o1. The van der Waals surface area contributed by atoms with Gasteiger partial charge in [-0.3, -0.25) is 4.90 Å². The van der Waals surface area contributed by atoms with E-state index >= 15 is 0 Å². The first-order chi connectivity index (χ1) is 10.1. The van der Waals surface area contributed by atoms with E-state index < -0.39 is 0 Å². The number of nitrogens with zero attached hydrogens (tertiary/aromatic N) is 1. The topological polar surface area (TPSA) is 37.6 Å². The van der Waals surface area contributed by atoms with Gasteiger partial charge in [0.1, 0.15) is 11.5 Å². The second kappa shape index (κ2) is 8.57. The van der Waals surface area contributed by atoms with Gasteiger partial charge in [0.15, 0.2) is 0 Å². The molecule has 0 aromatic carbocycles. The lowest BCUT2D eigenvalue weighted by molar-refractivity contribution is -0.00342. The third-order valence-electron chi connectivity index (χ3n) is 3.78. The minimum Gasteiger partial charge on any atom is -0.463 e. The van der Waals surface area contributed by atoms with E-state index in [2.05, 4.69) is 43.2 Å². The van der Waals surface area contributed by atoms with Crippen LogP contribution < -0.4 is 5.32 Å². The monoisotopic (exact) mass is 294 g/mol. The van der Waals surface area contributed by atoms with Crippen molar-refractivity contribution in [3.8, 4) is 0 Å². The molecular formula is C17H30N2O2. The molecule has 1 unspecified atom stereocenters. The summed E-state index contributed by atoms with van der Waals surface area (Å²) in [6.07, 6.45) is 4.09. The molecule has 4 nitrogen and oxygen atoms in total. The highest BCUT2D eigenvalue weighted by Crippen LogP contribution is 2.15. The summed E-state index contributed by atoms with van der Waals surface area (Å²) in [5.74, 6) is 2.73. The van der Waals surface area contributed by atoms with Crippen molar-refractivity contribution in [2.24, 2.45) is 5.92 Å². The predicted octanol–water partition coefficient (Wildman–Crippen LogP) is 3.03. The summed E-state index contributed by atoms with van der Waals surface area (Å²) in [7, 11) is 2.14. The van der Waals surface area contributed by atoms with Gasteiger partial charge in [-0.05, 0) is 50.9 Å². The fraction of sp³-hybridized carbons (Fsp3) is 0.765. The molecule has 0 radical (unpaired) electrons. The lowest BCUT2D eigenvalue weighted by atomic mass is 10.1. The molecule has 4 heteroatoms. The molecule has 0 bridgehead atoms.